The van der Waals surface area contributed by atoms with E-state index >= 15 is 0 Å². The van der Waals surface area contributed by atoms with Crippen molar-refractivity contribution < 1.29 is 13.2 Å². The molecule has 1 saturated carbocycles. The molecule has 0 radical (unpaired) electrons. The lowest BCUT2D eigenvalue weighted by atomic mass is 10.1. The summed E-state index contributed by atoms with van der Waals surface area (Å²) in [4.78, 5) is 11.8. The number of hydrogen-bond donors (Lipinski definition) is 2. The number of benzene rings is 2. The predicted octanol–water partition coefficient (Wildman–Crippen LogP) is 4.38. The third kappa shape index (κ3) is 4.76. The highest BCUT2D eigenvalue weighted by Gasteiger charge is 2.29. The van der Waals surface area contributed by atoms with Crippen molar-refractivity contribution in [3.63, 3.8) is 0 Å². The molecule has 0 spiro atoms. The summed E-state index contributed by atoms with van der Waals surface area (Å²) in [5.41, 5.74) is 1.47. The van der Waals surface area contributed by atoms with E-state index in [0.29, 0.717) is 5.69 Å². The molecule has 1 aliphatic carbocycles. The summed E-state index contributed by atoms with van der Waals surface area (Å²) in [6.45, 7) is 1.74. The number of halogens is 2. The van der Waals surface area contributed by atoms with Gasteiger partial charge in [-0.25, -0.2) is 13.1 Å². The Kier molecular flexibility index (Phi) is 5.58. The fourth-order valence-electron chi connectivity index (χ4n) is 2.50. The normalized spacial score (nSPS) is 15.5. The van der Waals surface area contributed by atoms with Crippen molar-refractivity contribution in [3.8, 4) is 0 Å². The van der Waals surface area contributed by atoms with Crippen molar-refractivity contribution in [1.29, 1.82) is 0 Å². The summed E-state index contributed by atoms with van der Waals surface area (Å²) >= 11 is 11.8. The van der Waals surface area contributed by atoms with Gasteiger partial charge in [0, 0.05) is 27.7 Å². The van der Waals surface area contributed by atoms with Gasteiger partial charge in [-0.3, -0.25) is 4.79 Å². The fraction of sp³-hybridized carbons (Fsp3) is 0.278. The van der Waals surface area contributed by atoms with Gasteiger partial charge in [0.1, 0.15) is 0 Å². The van der Waals surface area contributed by atoms with Gasteiger partial charge in [0.25, 0.3) is 0 Å². The number of rotatable bonds is 6. The van der Waals surface area contributed by atoms with Crippen LogP contribution in [0.2, 0.25) is 10.0 Å². The molecule has 1 amide bonds. The molecule has 0 bridgehead atoms. The lowest BCUT2D eigenvalue weighted by molar-refractivity contribution is -0.117. The van der Waals surface area contributed by atoms with Crippen molar-refractivity contribution in [3.05, 3.63) is 58.1 Å². The molecular formula is C18H18Cl2N2O3S. The molecule has 26 heavy (non-hydrogen) atoms. The van der Waals surface area contributed by atoms with Gasteiger partial charge in [-0.1, -0.05) is 35.3 Å². The maximum absolute atomic E-state index is 12.5. The Morgan fingerprint density at radius 3 is 2.19 bits per heavy atom. The van der Waals surface area contributed by atoms with Crippen molar-refractivity contribution in [2.45, 2.75) is 30.7 Å². The molecule has 0 heterocycles. The molecule has 8 heteroatoms. The molecule has 138 valence electrons. The van der Waals surface area contributed by atoms with Crippen LogP contribution >= 0.6 is 23.2 Å². The lowest BCUT2D eigenvalue weighted by Crippen LogP contribution is -2.27. The summed E-state index contributed by atoms with van der Waals surface area (Å²) in [6, 6.07) is 10.8. The molecule has 2 aromatic carbocycles. The summed E-state index contributed by atoms with van der Waals surface area (Å²) in [5.74, 6) is 0.161. The second kappa shape index (κ2) is 7.56. The highest BCUT2D eigenvalue weighted by Crippen LogP contribution is 2.30. The van der Waals surface area contributed by atoms with Crippen LogP contribution in [-0.2, 0) is 14.8 Å². The monoisotopic (exact) mass is 412 g/mol. The van der Waals surface area contributed by atoms with Crippen LogP contribution in [0, 0.1) is 5.92 Å². The lowest BCUT2D eigenvalue weighted by Gasteiger charge is -2.16. The first-order valence-electron chi connectivity index (χ1n) is 8.14. The smallest absolute Gasteiger partial charge is 0.241 e. The Balaban J connectivity index is 1.70. The van der Waals surface area contributed by atoms with Gasteiger partial charge in [0.2, 0.25) is 15.9 Å². The first kappa shape index (κ1) is 19.2. The van der Waals surface area contributed by atoms with Crippen LogP contribution in [0.1, 0.15) is 31.4 Å². The number of nitrogens with one attached hydrogen (secondary N) is 2. The number of sulfonamides is 1. The summed E-state index contributed by atoms with van der Waals surface area (Å²) < 4.78 is 27.7. The van der Waals surface area contributed by atoms with E-state index in [-0.39, 0.29) is 26.8 Å². The quantitative estimate of drug-likeness (QED) is 0.738. The van der Waals surface area contributed by atoms with Crippen LogP contribution in [0.4, 0.5) is 5.69 Å². The Hall–Kier alpha value is -1.60. The highest BCUT2D eigenvalue weighted by atomic mass is 35.5. The predicted molar refractivity (Wildman–Crippen MR) is 103 cm³/mol. The molecule has 5 nitrogen and oxygen atoms in total. The zero-order valence-corrected chi connectivity index (χ0v) is 16.3. The zero-order chi connectivity index (χ0) is 18.9. The molecule has 0 aliphatic heterocycles. The van der Waals surface area contributed by atoms with Crippen LogP contribution in [-0.4, -0.2) is 14.3 Å². The average Bonchev–Trinajstić information content (AvgIpc) is 3.39. The molecule has 1 fully saturated rings. The molecule has 0 aromatic heterocycles. The molecule has 1 unspecified atom stereocenters. The standard InChI is InChI=1S/C18H18Cl2N2O3S/c1-11(22-26(24,25)17-9-14(19)8-15(20)10-17)12-4-6-16(7-5-12)21-18(23)13-2-3-13/h4-11,13,22H,2-3H2,1H3,(H,21,23). The van der Waals surface area contributed by atoms with Crippen molar-refractivity contribution in [2.75, 3.05) is 5.32 Å². The van der Waals surface area contributed by atoms with Gasteiger partial charge in [-0.15, -0.1) is 0 Å². The Morgan fingerprint density at radius 2 is 1.65 bits per heavy atom. The van der Waals surface area contributed by atoms with Crippen LogP contribution in [0.15, 0.2) is 47.4 Å². The zero-order valence-electron chi connectivity index (χ0n) is 14.0. The topological polar surface area (TPSA) is 75.3 Å². The molecule has 0 saturated heterocycles. The minimum Gasteiger partial charge on any atom is -0.326 e. The molecular weight excluding hydrogens is 395 g/mol. The van der Waals surface area contributed by atoms with E-state index in [1.54, 1.807) is 31.2 Å². The first-order valence-corrected chi connectivity index (χ1v) is 10.4. The largest absolute Gasteiger partial charge is 0.326 e. The van der Waals surface area contributed by atoms with Crippen molar-refractivity contribution >= 4 is 44.8 Å². The van der Waals surface area contributed by atoms with Gasteiger partial charge in [-0.05, 0) is 55.7 Å². The van der Waals surface area contributed by atoms with Crippen molar-refractivity contribution in [1.82, 2.24) is 4.72 Å². The third-order valence-corrected chi connectivity index (χ3v) is 6.06. The van der Waals surface area contributed by atoms with Gasteiger partial charge >= 0.3 is 0 Å². The fourth-order valence-corrected chi connectivity index (χ4v) is 4.45. The molecule has 3 rings (SSSR count). The average molecular weight is 413 g/mol. The number of anilines is 1. The minimum absolute atomic E-state index is 0.00941. The number of carbonyl (C=O) groups is 1. The summed E-state index contributed by atoms with van der Waals surface area (Å²) in [5, 5.41) is 3.35. The summed E-state index contributed by atoms with van der Waals surface area (Å²) in [6.07, 6.45) is 1.88. The van der Waals surface area contributed by atoms with Crippen LogP contribution in [0.3, 0.4) is 0 Å². The Morgan fingerprint density at radius 1 is 1.08 bits per heavy atom. The van der Waals surface area contributed by atoms with Gasteiger partial charge in [0.15, 0.2) is 0 Å². The third-order valence-electron chi connectivity index (χ3n) is 4.10. The Bertz CT molecular complexity index is 906. The van der Waals surface area contributed by atoms with Gasteiger partial charge in [0.05, 0.1) is 4.90 Å². The summed E-state index contributed by atoms with van der Waals surface area (Å²) in [7, 11) is -3.77. The van der Waals surface area contributed by atoms with Crippen LogP contribution in [0.5, 0.6) is 0 Å². The highest BCUT2D eigenvalue weighted by molar-refractivity contribution is 7.89. The molecule has 2 N–H and O–H groups in total. The second-order valence-corrected chi connectivity index (χ2v) is 8.92. The number of amides is 1. The van der Waals surface area contributed by atoms with Crippen molar-refractivity contribution in [2.24, 2.45) is 5.92 Å². The Labute approximate surface area is 162 Å². The molecule has 1 aliphatic rings. The van der Waals surface area contributed by atoms with E-state index < -0.39 is 16.1 Å². The van der Waals surface area contributed by atoms with E-state index in [1.807, 2.05) is 0 Å². The number of hydrogen-bond acceptors (Lipinski definition) is 3. The first-order chi connectivity index (χ1) is 12.2. The molecule has 1 atom stereocenters. The SMILES string of the molecule is CC(NS(=O)(=O)c1cc(Cl)cc(Cl)c1)c1ccc(NC(=O)C2CC2)cc1. The van der Waals surface area contributed by atoms with E-state index in [4.69, 9.17) is 23.2 Å². The second-order valence-electron chi connectivity index (χ2n) is 6.33. The van der Waals surface area contributed by atoms with E-state index in [2.05, 4.69) is 10.0 Å². The van der Waals surface area contributed by atoms with Gasteiger partial charge < -0.3 is 5.32 Å². The minimum atomic E-state index is -3.77. The van der Waals surface area contributed by atoms with E-state index in [0.717, 1.165) is 18.4 Å². The van der Waals surface area contributed by atoms with Crippen LogP contribution in [0.25, 0.3) is 0 Å². The number of carbonyl (C=O) groups excluding carboxylic acids is 1. The van der Waals surface area contributed by atoms with Crippen LogP contribution < -0.4 is 10.0 Å². The maximum Gasteiger partial charge on any atom is 0.241 e. The molecule has 2 aromatic rings. The van der Waals surface area contributed by atoms with Gasteiger partial charge in [-0.2, -0.15) is 0 Å². The van der Waals surface area contributed by atoms with E-state index in [1.165, 1.54) is 18.2 Å². The van der Waals surface area contributed by atoms with E-state index in [9.17, 15) is 13.2 Å². The maximum atomic E-state index is 12.5.